The molecule has 0 heterocycles. The van der Waals surface area contributed by atoms with Crippen LogP contribution in [-0.4, -0.2) is 44.1 Å². The number of hydrogen-bond donors (Lipinski definition) is 0. The molecule has 0 saturated heterocycles. The third-order valence-corrected chi connectivity index (χ3v) is 6.46. The summed E-state index contributed by atoms with van der Waals surface area (Å²) in [5.41, 5.74) is 2.24. The van der Waals surface area contributed by atoms with Crippen molar-refractivity contribution < 1.29 is 14.0 Å². The zero-order valence-electron chi connectivity index (χ0n) is 25.0. The van der Waals surface area contributed by atoms with Crippen molar-refractivity contribution >= 4 is 5.78 Å². The quantitative estimate of drug-likeness (QED) is 0.219. The van der Waals surface area contributed by atoms with E-state index in [2.05, 4.69) is 76.4 Å². The molecule has 3 nitrogen and oxygen atoms in total. The van der Waals surface area contributed by atoms with Crippen LogP contribution in [0.1, 0.15) is 91.1 Å². The normalized spacial score (nSPS) is 13.5. The zero-order chi connectivity index (χ0) is 27.4. The molecule has 200 valence electrons. The highest BCUT2D eigenvalue weighted by atomic mass is 16.5. The van der Waals surface area contributed by atoms with Crippen LogP contribution in [0.3, 0.4) is 0 Å². The third-order valence-electron chi connectivity index (χ3n) is 6.46. The summed E-state index contributed by atoms with van der Waals surface area (Å²) in [5, 5.41) is 0. The lowest BCUT2D eigenvalue weighted by Crippen LogP contribution is -2.52. The van der Waals surface area contributed by atoms with Crippen molar-refractivity contribution in [1.29, 1.82) is 0 Å². The summed E-state index contributed by atoms with van der Waals surface area (Å²) in [5.74, 6) is 0.848. The molecule has 36 heavy (non-hydrogen) atoms. The second-order valence-corrected chi connectivity index (χ2v) is 15.2. The molecule has 0 amide bonds. The number of ether oxygens (including phenoxy) is 1. The molecule has 3 heteroatoms. The summed E-state index contributed by atoms with van der Waals surface area (Å²) in [6.45, 7) is 24.2. The van der Waals surface area contributed by atoms with Crippen molar-refractivity contribution in [1.82, 2.24) is 0 Å². The molecule has 0 radical (unpaired) electrons. The Morgan fingerprint density at radius 2 is 1.14 bits per heavy atom. The number of ketones is 1. The molecule has 0 spiro atoms. The van der Waals surface area contributed by atoms with E-state index in [4.69, 9.17) is 4.74 Å². The van der Waals surface area contributed by atoms with Gasteiger partial charge in [-0.25, -0.2) is 0 Å². The lowest BCUT2D eigenvalue weighted by Gasteiger charge is -2.45. The van der Waals surface area contributed by atoms with Gasteiger partial charge in [0.15, 0.2) is 5.78 Å². The number of carbonyl (C=O) groups is 1. The molecule has 0 bridgehead atoms. The highest BCUT2D eigenvalue weighted by Crippen LogP contribution is 2.39. The van der Waals surface area contributed by atoms with Crippen LogP contribution in [0.4, 0.5) is 0 Å². The first kappa shape index (κ1) is 30.1. The van der Waals surface area contributed by atoms with Crippen molar-refractivity contribution in [3.8, 4) is 5.75 Å². The number of carbonyl (C=O) groups excluding carboxylic acids is 1. The van der Waals surface area contributed by atoms with E-state index in [1.165, 1.54) is 13.0 Å². The van der Waals surface area contributed by atoms with Gasteiger partial charge < -0.3 is 9.22 Å². The second-order valence-electron chi connectivity index (χ2n) is 15.2. The molecule has 0 aromatic heterocycles. The first-order valence-corrected chi connectivity index (χ1v) is 13.4. The van der Waals surface area contributed by atoms with E-state index in [0.717, 1.165) is 23.2 Å². The van der Waals surface area contributed by atoms with Gasteiger partial charge in [-0.15, -0.1) is 0 Å². The van der Waals surface area contributed by atoms with Crippen molar-refractivity contribution in [2.45, 2.75) is 75.2 Å². The van der Waals surface area contributed by atoms with Gasteiger partial charge in [0.2, 0.25) is 0 Å². The summed E-state index contributed by atoms with van der Waals surface area (Å²) >= 11 is 0. The maximum Gasteiger partial charge on any atom is 0.193 e. The van der Waals surface area contributed by atoms with Crippen LogP contribution in [0.25, 0.3) is 0 Å². The number of nitrogens with zero attached hydrogens (tertiary/aromatic N) is 1. The van der Waals surface area contributed by atoms with Gasteiger partial charge in [-0.05, 0) is 47.9 Å². The minimum Gasteiger partial charge on any atom is -0.493 e. The average molecular weight is 495 g/mol. The smallest absolute Gasteiger partial charge is 0.193 e. The summed E-state index contributed by atoms with van der Waals surface area (Å²) < 4.78 is 7.22. The van der Waals surface area contributed by atoms with E-state index in [0.29, 0.717) is 28.6 Å². The first-order valence-electron chi connectivity index (χ1n) is 13.4. The largest absolute Gasteiger partial charge is 0.493 e. The molecule has 0 fully saturated rings. The van der Waals surface area contributed by atoms with E-state index >= 15 is 0 Å². The fourth-order valence-electron chi connectivity index (χ4n) is 7.00. The fourth-order valence-corrected chi connectivity index (χ4v) is 7.00. The Morgan fingerprint density at radius 3 is 1.64 bits per heavy atom. The number of hydrogen-bond acceptors (Lipinski definition) is 2. The molecule has 2 aromatic rings. The predicted molar refractivity (Wildman–Crippen MR) is 154 cm³/mol. The van der Waals surface area contributed by atoms with Crippen molar-refractivity contribution in [3.05, 3.63) is 65.7 Å². The van der Waals surface area contributed by atoms with Crippen LogP contribution < -0.4 is 4.74 Å². The molecule has 0 unspecified atom stereocenters. The molecule has 0 N–H and O–H groups in total. The van der Waals surface area contributed by atoms with Crippen molar-refractivity contribution in [3.63, 3.8) is 0 Å². The Balaban J connectivity index is 1.95. The average Bonchev–Trinajstić information content (AvgIpc) is 2.68. The van der Waals surface area contributed by atoms with Crippen molar-refractivity contribution in [2.75, 3.05) is 33.8 Å². The molecular formula is C33H52NO2+. The number of rotatable bonds is 12. The van der Waals surface area contributed by atoms with Gasteiger partial charge in [-0.1, -0.05) is 92.6 Å². The molecule has 0 saturated carbocycles. The first-order chi connectivity index (χ1) is 16.3. The molecular weight excluding hydrogens is 442 g/mol. The van der Waals surface area contributed by atoms with Gasteiger partial charge in [-0.3, -0.25) is 4.79 Å². The van der Waals surface area contributed by atoms with Crippen molar-refractivity contribution in [2.24, 2.45) is 21.7 Å². The minimum absolute atomic E-state index is 0.0307. The monoisotopic (exact) mass is 494 g/mol. The van der Waals surface area contributed by atoms with Gasteiger partial charge in [-0.2, -0.15) is 0 Å². The van der Waals surface area contributed by atoms with Gasteiger partial charge in [0.05, 0.1) is 33.8 Å². The molecule has 0 atom stereocenters. The molecule has 0 aliphatic rings. The van der Waals surface area contributed by atoms with Gasteiger partial charge in [0.25, 0.3) is 0 Å². The number of benzene rings is 2. The maximum absolute atomic E-state index is 12.7. The van der Waals surface area contributed by atoms with Gasteiger partial charge >= 0.3 is 0 Å². The SMILES string of the molecule is CC(C)(C)CC(C)(C)C[N+](C)(C)CC(C)(C)CC(C)(C)COc1ccc(C(=O)c2ccccc2)cc1. The topological polar surface area (TPSA) is 26.3 Å². The summed E-state index contributed by atoms with van der Waals surface area (Å²) in [6, 6.07) is 16.9. The Kier molecular flexibility index (Phi) is 9.27. The minimum atomic E-state index is 0.0307. The summed E-state index contributed by atoms with van der Waals surface area (Å²) in [4.78, 5) is 12.7. The Bertz CT molecular complexity index is 977. The predicted octanol–water partition coefficient (Wildman–Crippen LogP) is 8.28. The van der Waals surface area contributed by atoms with Crippen LogP contribution in [0.2, 0.25) is 0 Å². The second kappa shape index (κ2) is 11.1. The Hall–Kier alpha value is -2.13. The maximum atomic E-state index is 12.7. The van der Waals surface area contributed by atoms with Crippen LogP contribution in [0.5, 0.6) is 5.75 Å². The Labute approximate surface area is 221 Å². The van der Waals surface area contributed by atoms with Crippen LogP contribution in [0, 0.1) is 21.7 Å². The molecule has 2 aromatic carbocycles. The van der Waals surface area contributed by atoms with Crippen LogP contribution in [-0.2, 0) is 0 Å². The van der Waals surface area contributed by atoms with E-state index < -0.39 is 0 Å². The van der Waals surface area contributed by atoms with Crippen LogP contribution in [0.15, 0.2) is 54.6 Å². The highest BCUT2D eigenvalue weighted by Gasteiger charge is 2.38. The third kappa shape index (κ3) is 10.5. The number of quaternary nitrogens is 1. The molecule has 0 aliphatic carbocycles. The van der Waals surface area contributed by atoms with E-state index in [9.17, 15) is 4.79 Å². The zero-order valence-corrected chi connectivity index (χ0v) is 25.0. The summed E-state index contributed by atoms with van der Waals surface area (Å²) in [7, 11) is 4.77. The molecule has 0 aliphatic heterocycles. The standard InChI is InChI=1S/C33H52NO2/c1-30(2,3)21-31(4,5)23-34(10,11)24-32(6,7)22-33(8,9)25-36-28-19-17-27(18-20-28)29(35)26-15-13-12-14-16-26/h12-20H,21-25H2,1-11H3/q+1. The van der Waals surface area contributed by atoms with Gasteiger partial charge in [0.1, 0.15) is 5.75 Å². The van der Waals surface area contributed by atoms with Gasteiger partial charge in [0, 0.05) is 22.0 Å². The van der Waals surface area contributed by atoms with E-state index in [1.807, 2.05) is 54.6 Å². The fraction of sp³-hybridized carbons (Fsp3) is 0.606. The van der Waals surface area contributed by atoms with E-state index in [1.54, 1.807) is 0 Å². The van der Waals surface area contributed by atoms with E-state index in [-0.39, 0.29) is 16.6 Å². The molecule has 2 rings (SSSR count). The Morgan fingerprint density at radius 1 is 0.667 bits per heavy atom. The van der Waals surface area contributed by atoms with Crippen LogP contribution >= 0.6 is 0 Å². The highest BCUT2D eigenvalue weighted by molar-refractivity contribution is 6.08. The summed E-state index contributed by atoms with van der Waals surface area (Å²) in [6.07, 6.45) is 2.29. The lowest BCUT2D eigenvalue weighted by molar-refractivity contribution is -0.903. The lowest BCUT2D eigenvalue weighted by atomic mass is 9.73.